The highest BCUT2D eigenvalue weighted by Gasteiger charge is 2.30. The molecule has 4 rings (SSSR count). The fraction of sp³-hybridized carbons (Fsp3) is 0.346. The van der Waals surface area contributed by atoms with Crippen LogP contribution < -0.4 is 0 Å². The average Bonchev–Trinajstić information content (AvgIpc) is 2.95. The Morgan fingerprint density at radius 3 is 2.42 bits per heavy atom. The predicted octanol–water partition coefficient (Wildman–Crippen LogP) is 4.06. The Balaban J connectivity index is 1.49. The van der Waals surface area contributed by atoms with Crippen LogP contribution in [-0.2, 0) is 17.8 Å². The third kappa shape index (κ3) is 5.56. The maximum Gasteiger partial charge on any atom is 0.227 e. The Kier molecular flexibility index (Phi) is 7.05. The van der Waals surface area contributed by atoms with Crippen LogP contribution in [0.15, 0.2) is 73.2 Å². The lowest BCUT2D eigenvalue weighted by Crippen LogP contribution is -2.37. The topological polar surface area (TPSA) is 49.3 Å². The highest BCUT2D eigenvalue weighted by molar-refractivity contribution is 5.79. The van der Waals surface area contributed by atoms with E-state index >= 15 is 0 Å². The fourth-order valence-electron chi connectivity index (χ4n) is 4.28. The third-order valence-corrected chi connectivity index (χ3v) is 5.88. The molecular formula is C26H30N4O. The summed E-state index contributed by atoms with van der Waals surface area (Å²) in [5.74, 6) is 0.244. The van der Waals surface area contributed by atoms with Gasteiger partial charge in [-0.05, 0) is 53.8 Å². The summed E-state index contributed by atoms with van der Waals surface area (Å²) >= 11 is 0. The molecule has 1 saturated heterocycles. The first-order chi connectivity index (χ1) is 15.2. The van der Waals surface area contributed by atoms with Crippen molar-refractivity contribution < 1.29 is 4.79 Å². The summed E-state index contributed by atoms with van der Waals surface area (Å²) in [4.78, 5) is 26.3. The first-order valence-electron chi connectivity index (χ1n) is 11.1. The zero-order valence-electron chi connectivity index (χ0n) is 18.2. The van der Waals surface area contributed by atoms with E-state index < -0.39 is 0 Å². The fourth-order valence-corrected chi connectivity index (χ4v) is 4.28. The van der Waals surface area contributed by atoms with E-state index in [0.717, 1.165) is 56.8 Å². The van der Waals surface area contributed by atoms with Gasteiger partial charge in [0.2, 0.25) is 5.91 Å². The lowest BCUT2D eigenvalue weighted by molar-refractivity contribution is -0.134. The summed E-state index contributed by atoms with van der Waals surface area (Å²) < 4.78 is 0. The molecule has 0 bridgehead atoms. The van der Waals surface area contributed by atoms with Gasteiger partial charge in [-0.3, -0.25) is 19.7 Å². The van der Waals surface area contributed by atoms with Gasteiger partial charge in [0.15, 0.2) is 0 Å². The van der Waals surface area contributed by atoms with Crippen molar-refractivity contribution in [1.29, 1.82) is 0 Å². The van der Waals surface area contributed by atoms with Gasteiger partial charge in [-0.1, -0.05) is 37.3 Å². The number of hydrogen-bond acceptors (Lipinski definition) is 4. The molecule has 0 spiro atoms. The van der Waals surface area contributed by atoms with Gasteiger partial charge in [0.25, 0.3) is 0 Å². The molecule has 0 radical (unpaired) electrons. The van der Waals surface area contributed by atoms with E-state index in [0.29, 0.717) is 0 Å². The van der Waals surface area contributed by atoms with E-state index in [2.05, 4.69) is 57.0 Å². The van der Waals surface area contributed by atoms with Crippen LogP contribution in [0, 0.1) is 5.92 Å². The van der Waals surface area contributed by atoms with Crippen LogP contribution in [0.25, 0.3) is 11.1 Å². The van der Waals surface area contributed by atoms with E-state index in [1.54, 1.807) is 0 Å². The Morgan fingerprint density at radius 1 is 0.935 bits per heavy atom. The van der Waals surface area contributed by atoms with Gasteiger partial charge < -0.3 is 4.90 Å². The smallest absolute Gasteiger partial charge is 0.227 e. The molecule has 3 aromatic rings. The molecule has 5 nitrogen and oxygen atoms in total. The minimum absolute atomic E-state index is 0.0375. The maximum absolute atomic E-state index is 13.3. The standard InChI is InChI=1S/C26H30N4O/c1-2-15-30-17-16-29(20-25-5-3-4-12-28-25)19-24(26(30)31)18-21-6-8-22(9-7-21)23-10-13-27-14-11-23/h3-14,24H,2,15-20H2,1H3. The summed E-state index contributed by atoms with van der Waals surface area (Å²) in [6.45, 7) is 6.19. The van der Waals surface area contributed by atoms with E-state index in [4.69, 9.17) is 0 Å². The molecule has 1 aromatic carbocycles. The normalized spacial score (nSPS) is 17.5. The van der Waals surface area contributed by atoms with Gasteiger partial charge in [0.05, 0.1) is 11.6 Å². The Hall–Kier alpha value is -3.05. The van der Waals surface area contributed by atoms with Crippen LogP contribution in [0.5, 0.6) is 0 Å². The largest absolute Gasteiger partial charge is 0.341 e. The summed E-state index contributed by atoms with van der Waals surface area (Å²) in [5, 5.41) is 0. The van der Waals surface area contributed by atoms with E-state index in [9.17, 15) is 4.79 Å². The van der Waals surface area contributed by atoms with Crippen molar-refractivity contribution in [3.63, 3.8) is 0 Å². The highest BCUT2D eigenvalue weighted by Crippen LogP contribution is 2.22. The van der Waals surface area contributed by atoms with E-state index in [1.807, 2.05) is 42.9 Å². The third-order valence-electron chi connectivity index (χ3n) is 5.88. The Morgan fingerprint density at radius 2 is 1.71 bits per heavy atom. The van der Waals surface area contributed by atoms with E-state index in [-0.39, 0.29) is 11.8 Å². The molecular weight excluding hydrogens is 384 g/mol. The summed E-state index contributed by atoms with van der Waals surface area (Å²) in [6.07, 6.45) is 7.20. The zero-order valence-corrected chi connectivity index (χ0v) is 18.2. The van der Waals surface area contributed by atoms with Gasteiger partial charge in [0.1, 0.15) is 0 Å². The van der Waals surface area contributed by atoms with Crippen LogP contribution in [0.1, 0.15) is 24.6 Å². The number of hydrogen-bond donors (Lipinski definition) is 0. The average molecular weight is 415 g/mol. The number of rotatable bonds is 7. The van der Waals surface area contributed by atoms with Crippen molar-refractivity contribution >= 4 is 5.91 Å². The van der Waals surface area contributed by atoms with E-state index in [1.165, 1.54) is 11.1 Å². The number of pyridine rings is 2. The minimum Gasteiger partial charge on any atom is -0.341 e. The minimum atomic E-state index is -0.0375. The molecule has 1 atom stereocenters. The molecule has 0 N–H and O–H groups in total. The molecule has 1 amide bonds. The number of carbonyl (C=O) groups excluding carboxylic acids is 1. The lowest BCUT2D eigenvalue weighted by atomic mass is 9.95. The molecule has 31 heavy (non-hydrogen) atoms. The molecule has 1 aliphatic rings. The lowest BCUT2D eigenvalue weighted by Gasteiger charge is -2.24. The molecule has 5 heteroatoms. The number of amides is 1. The number of benzene rings is 1. The van der Waals surface area contributed by atoms with Crippen LogP contribution in [-0.4, -0.2) is 51.9 Å². The maximum atomic E-state index is 13.3. The van der Waals surface area contributed by atoms with Crippen LogP contribution in [0.2, 0.25) is 0 Å². The first-order valence-corrected chi connectivity index (χ1v) is 11.1. The highest BCUT2D eigenvalue weighted by atomic mass is 16.2. The van der Waals surface area contributed by atoms with Crippen molar-refractivity contribution in [2.75, 3.05) is 26.2 Å². The van der Waals surface area contributed by atoms with Gasteiger partial charge in [-0.2, -0.15) is 0 Å². The van der Waals surface area contributed by atoms with Gasteiger partial charge in [-0.15, -0.1) is 0 Å². The number of aromatic nitrogens is 2. The Bertz CT molecular complexity index is 960. The molecule has 160 valence electrons. The van der Waals surface area contributed by atoms with Gasteiger partial charge in [-0.25, -0.2) is 0 Å². The molecule has 1 aliphatic heterocycles. The van der Waals surface area contributed by atoms with Crippen molar-refractivity contribution in [2.24, 2.45) is 5.92 Å². The predicted molar refractivity (Wildman–Crippen MR) is 123 cm³/mol. The van der Waals surface area contributed by atoms with Crippen LogP contribution in [0.4, 0.5) is 0 Å². The van der Waals surface area contributed by atoms with Crippen LogP contribution in [0.3, 0.4) is 0 Å². The summed E-state index contributed by atoms with van der Waals surface area (Å²) in [5.41, 5.74) is 4.58. The zero-order chi connectivity index (χ0) is 21.5. The molecule has 0 saturated carbocycles. The quantitative estimate of drug-likeness (QED) is 0.585. The van der Waals surface area contributed by atoms with Crippen molar-refractivity contribution in [3.05, 3.63) is 84.4 Å². The molecule has 0 aliphatic carbocycles. The van der Waals surface area contributed by atoms with Gasteiger partial charge >= 0.3 is 0 Å². The number of nitrogens with zero attached hydrogens (tertiary/aromatic N) is 4. The Labute approximate surface area is 184 Å². The molecule has 3 heterocycles. The monoisotopic (exact) mass is 414 g/mol. The first kappa shape index (κ1) is 21.2. The number of carbonyl (C=O) groups is 1. The van der Waals surface area contributed by atoms with Crippen molar-refractivity contribution in [2.45, 2.75) is 26.3 Å². The second kappa shape index (κ2) is 10.3. The molecule has 2 aromatic heterocycles. The summed E-state index contributed by atoms with van der Waals surface area (Å²) in [6, 6.07) is 18.6. The van der Waals surface area contributed by atoms with Crippen molar-refractivity contribution in [3.8, 4) is 11.1 Å². The van der Waals surface area contributed by atoms with Gasteiger partial charge in [0, 0.05) is 51.3 Å². The second-order valence-corrected chi connectivity index (χ2v) is 8.22. The summed E-state index contributed by atoms with van der Waals surface area (Å²) in [7, 11) is 0. The molecule has 1 unspecified atom stereocenters. The SMILES string of the molecule is CCCN1CCN(Cc2ccccn2)CC(Cc2ccc(-c3ccncc3)cc2)C1=O. The second-order valence-electron chi connectivity index (χ2n) is 8.22. The van der Waals surface area contributed by atoms with Crippen LogP contribution >= 0.6 is 0 Å². The van der Waals surface area contributed by atoms with Crippen molar-refractivity contribution in [1.82, 2.24) is 19.8 Å². The molecule has 1 fully saturated rings.